The van der Waals surface area contributed by atoms with Gasteiger partial charge in [-0.1, -0.05) is 22.9 Å². The summed E-state index contributed by atoms with van der Waals surface area (Å²) in [5, 5.41) is 1.31. The quantitative estimate of drug-likeness (QED) is 0.512. The summed E-state index contributed by atoms with van der Waals surface area (Å²) in [6, 6.07) is 11.7. The second-order valence-electron chi connectivity index (χ2n) is 6.20. The van der Waals surface area contributed by atoms with Crippen molar-refractivity contribution in [2.75, 3.05) is 37.8 Å². The Morgan fingerprint density at radius 3 is 2.63 bits per heavy atom. The second-order valence-corrected chi connectivity index (χ2v) is 8.69. The molecule has 0 saturated heterocycles. The highest BCUT2D eigenvalue weighted by atomic mass is 35.5. The second kappa shape index (κ2) is 9.01. The molecular weight excluding hydrogens is 405 g/mol. The van der Waals surface area contributed by atoms with Gasteiger partial charge in [0.2, 0.25) is 5.91 Å². The highest BCUT2D eigenvalue weighted by Crippen LogP contribution is 2.31. The Kier molecular flexibility index (Phi) is 6.70. The number of hydrogen-bond donors (Lipinski definition) is 0. The zero-order valence-electron chi connectivity index (χ0n) is 15.0. The minimum atomic E-state index is -0.286. The summed E-state index contributed by atoms with van der Waals surface area (Å²) in [7, 11) is 3.93. The molecule has 3 aromatic rings. The lowest BCUT2D eigenvalue weighted by Crippen LogP contribution is -2.37. The Morgan fingerprint density at radius 1 is 1.19 bits per heavy atom. The number of carbonyl (C=O) groups is 1. The predicted molar refractivity (Wildman–Crippen MR) is 113 cm³/mol. The molecule has 27 heavy (non-hydrogen) atoms. The monoisotopic (exact) mass is 423 g/mol. The Hall–Kier alpha value is -1.67. The molecule has 1 aromatic heterocycles. The van der Waals surface area contributed by atoms with Crippen molar-refractivity contribution >= 4 is 56.0 Å². The van der Waals surface area contributed by atoms with Crippen molar-refractivity contribution in [1.29, 1.82) is 0 Å². The number of carbonyl (C=O) groups excluding carboxylic acids is 1. The van der Waals surface area contributed by atoms with Gasteiger partial charge in [0.15, 0.2) is 5.13 Å². The summed E-state index contributed by atoms with van der Waals surface area (Å²) in [6.07, 6.45) is 0. The van der Waals surface area contributed by atoms with Gasteiger partial charge in [0.05, 0.1) is 16.0 Å². The van der Waals surface area contributed by atoms with E-state index in [0.29, 0.717) is 16.7 Å². The van der Waals surface area contributed by atoms with Crippen LogP contribution in [0.1, 0.15) is 0 Å². The van der Waals surface area contributed by atoms with E-state index in [9.17, 15) is 9.18 Å². The van der Waals surface area contributed by atoms with Crippen LogP contribution in [-0.2, 0) is 4.79 Å². The lowest BCUT2D eigenvalue weighted by molar-refractivity contribution is -0.116. The number of hydrogen-bond acceptors (Lipinski definition) is 5. The highest BCUT2D eigenvalue weighted by Gasteiger charge is 2.20. The van der Waals surface area contributed by atoms with E-state index in [-0.39, 0.29) is 17.5 Å². The fraction of sp³-hybridized carbons (Fsp3) is 0.263. The fourth-order valence-corrected chi connectivity index (χ4v) is 4.44. The van der Waals surface area contributed by atoms with E-state index in [4.69, 9.17) is 11.6 Å². The van der Waals surface area contributed by atoms with Gasteiger partial charge in [0, 0.05) is 23.0 Å². The van der Waals surface area contributed by atoms with Crippen LogP contribution in [0.5, 0.6) is 0 Å². The molecule has 0 fully saturated rings. The molecule has 0 unspecified atom stereocenters. The largest absolute Gasteiger partial charge is 0.308 e. The third-order valence-electron chi connectivity index (χ3n) is 3.82. The minimum absolute atomic E-state index is 0.0312. The van der Waals surface area contributed by atoms with Crippen molar-refractivity contribution < 1.29 is 9.18 Å². The Labute approximate surface area is 170 Å². The van der Waals surface area contributed by atoms with Crippen LogP contribution in [0.25, 0.3) is 10.2 Å². The fourth-order valence-electron chi connectivity index (χ4n) is 2.38. The summed E-state index contributed by atoms with van der Waals surface area (Å²) < 4.78 is 14.0. The van der Waals surface area contributed by atoms with Gasteiger partial charge in [-0.3, -0.25) is 9.69 Å². The standard InChI is InChI=1S/C19H19ClFN3OS2/c1-23(2)9-10-24(18(25)12-26-15-6-4-14(21)5-7-15)19-22-16-8-3-13(20)11-17(16)27-19/h3-8,11H,9-10,12H2,1-2H3. The van der Waals surface area contributed by atoms with Gasteiger partial charge in [-0.2, -0.15) is 0 Å². The molecule has 0 spiro atoms. The zero-order chi connectivity index (χ0) is 19.4. The van der Waals surface area contributed by atoms with E-state index in [1.54, 1.807) is 23.1 Å². The number of likely N-dealkylation sites (N-methyl/N-ethyl adjacent to an activating group) is 1. The van der Waals surface area contributed by atoms with Crippen molar-refractivity contribution in [3.05, 3.63) is 53.3 Å². The third-order valence-corrected chi connectivity index (χ3v) is 6.09. The van der Waals surface area contributed by atoms with Gasteiger partial charge < -0.3 is 4.90 Å². The first-order chi connectivity index (χ1) is 12.9. The predicted octanol–water partition coefficient (Wildman–Crippen LogP) is 4.78. The van der Waals surface area contributed by atoms with E-state index in [0.717, 1.165) is 21.7 Å². The van der Waals surface area contributed by atoms with E-state index in [2.05, 4.69) is 4.98 Å². The van der Waals surface area contributed by atoms with Crippen LogP contribution in [0.15, 0.2) is 47.4 Å². The minimum Gasteiger partial charge on any atom is -0.308 e. The normalized spacial score (nSPS) is 11.3. The molecule has 1 amide bonds. The molecular formula is C19H19ClFN3OS2. The molecule has 0 aliphatic heterocycles. The number of amides is 1. The van der Waals surface area contributed by atoms with Crippen LogP contribution in [0.2, 0.25) is 5.02 Å². The van der Waals surface area contributed by atoms with E-state index in [1.807, 2.05) is 31.1 Å². The molecule has 0 aliphatic rings. The Balaban J connectivity index is 1.78. The molecule has 142 valence electrons. The Bertz CT molecular complexity index is 930. The van der Waals surface area contributed by atoms with Crippen LogP contribution in [0.4, 0.5) is 9.52 Å². The lowest BCUT2D eigenvalue weighted by atomic mass is 10.3. The molecule has 4 nitrogen and oxygen atoms in total. The smallest absolute Gasteiger partial charge is 0.239 e. The molecule has 0 N–H and O–H groups in total. The summed E-state index contributed by atoms with van der Waals surface area (Å²) in [4.78, 5) is 22.1. The van der Waals surface area contributed by atoms with E-state index < -0.39 is 0 Å². The van der Waals surface area contributed by atoms with Crippen LogP contribution >= 0.6 is 34.7 Å². The number of thiazole rings is 1. The number of rotatable bonds is 7. The number of nitrogens with zero attached hydrogens (tertiary/aromatic N) is 3. The van der Waals surface area contributed by atoms with Crippen LogP contribution in [0.3, 0.4) is 0 Å². The van der Waals surface area contributed by atoms with Crippen molar-refractivity contribution in [2.45, 2.75) is 4.90 Å². The number of fused-ring (bicyclic) bond motifs is 1. The number of anilines is 1. The lowest BCUT2D eigenvalue weighted by Gasteiger charge is -2.21. The SMILES string of the molecule is CN(C)CCN(C(=O)CSc1ccc(F)cc1)c1nc2ccc(Cl)cc2s1. The van der Waals surface area contributed by atoms with Crippen molar-refractivity contribution in [2.24, 2.45) is 0 Å². The van der Waals surface area contributed by atoms with E-state index >= 15 is 0 Å². The highest BCUT2D eigenvalue weighted by molar-refractivity contribution is 8.00. The number of aromatic nitrogens is 1. The molecule has 2 aromatic carbocycles. The molecule has 0 saturated carbocycles. The first kappa shape index (κ1) is 20.1. The Morgan fingerprint density at radius 2 is 1.93 bits per heavy atom. The summed E-state index contributed by atoms with van der Waals surface area (Å²) >= 11 is 8.91. The summed E-state index contributed by atoms with van der Waals surface area (Å²) in [5.41, 5.74) is 0.827. The third kappa shape index (κ3) is 5.42. The van der Waals surface area contributed by atoms with Gasteiger partial charge in [-0.05, 0) is 56.6 Å². The maximum atomic E-state index is 13.0. The average Bonchev–Trinajstić information content (AvgIpc) is 3.03. The van der Waals surface area contributed by atoms with Gasteiger partial charge in [0.1, 0.15) is 5.82 Å². The maximum Gasteiger partial charge on any atom is 0.239 e. The molecule has 0 atom stereocenters. The number of halogens is 2. The van der Waals surface area contributed by atoms with Crippen LogP contribution < -0.4 is 4.90 Å². The molecule has 8 heteroatoms. The van der Waals surface area contributed by atoms with Crippen molar-refractivity contribution in [3.63, 3.8) is 0 Å². The van der Waals surface area contributed by atoms with Gasteiger partial charge in [-0.25, -0.2) is 9.37 Å². The molecule has 0 aliphatic carbocycles. The number of thioether (sulfide) groups is 1. The molecule has 1 heterocycles. The first-order valence-electron chi connectivity index (χ1n) is 8.32. The maximum absolute atomic E-state index is 13.0. The summed E-state index contributed by atoms with van der Waals surface area (Å²) in [6.45, 7) is 1.27. The van der Waals surface area contributed by atoms with E-state index in [1.165, 1.54) is 35.2 Å². The van der Waals surface area contributed by atoms with Gasteiger partial charge in [0.25, 0.3) is 0 Å². The van der Waals surface area contributed by atoms with Gasteiger partial charge in [-0.15, -0.1) is 11.8 Å². The molecule has 3 rings (SSSR count). The van der Waals surface area contributed by atoms with Gasteiger partial charge >= 0.3 is 0 Å². The molecule has 0 bridgehead atoms. The zero-order valence-corrected chi connectivity index (χ0v) is 17.4. The van der Waals surface area contributed by atoms with Crippen LogP contribution in [0, 0.1) is 5.82 Å². The van der Waals surface area contributed by atoms with Crippen molar-refractivity contribution in [1.82, 2.24) is 9.88 Å². The summed E-state index contributed by atoms with van der Waals surface area (Å²) in [5.74, 6) is -0.0572. The topological polar surface area (TPSA) is 36.4 Å². The van der Waals surface area contributed by atoms with Crippen LogP contribution in [-0.4, -0.2) is 48.7 Å². The van der Waals surface area contributed by atoms with Crippen molar-refractivity contribution in [3.8, 4) is 0 Å². The molecule has 0 radical (unpaired) electrons. The average molecular weight is 424 g/mol. The number of benzene rings is 2. The first-order valence-corrected chi connectivity index (χ1v) is 10.5.